The number of nitrogens with one attached hydrogen (secondary N) is 1. The van der Waals surface area contributed by atoms with Gasteiger partial charge in [0.15, 0.2) is 5.82 Å². The Morgan fingerprint density at radius 1 is 1.11 bits per heavy atom. The van der Waals surface area contributed by atoms with Gasteiger partial charge in [-0.15, -0.1) is 10.2 Å². The number of nitrogens with zero attached hydrogens (tertiary/aromatic N) is 2. The van der Waals surface area contributed by atoms with Gasteiger partial charge in [0.05, 0.1) is 5.56 Å². The van der Waals surface area contributed by atoms with E-state index in [9.17, 15) is 13.2 Å². The van der Waals surface area contributed by atoms with Crippen LogP contribution in [0.3, 0.4) is 0 Å². The number of rotatable bonds is 2. The number of nitrogen functional groups attached to an aromatic ring is 1. The van der Waals surface area contributed by atoms with E-state index in [1.165, 1.54) is 18.2 Å². The minimum Gasteiger partial charge on any atom is -0.382 e. The lowest BCUT2D eigenvalue weighted by molar-refractivity contribution is -0.137. The molecular formula is C11H8ClF3N4. The molecule has 0 amide bonds. The Balaban J connectivity index is 2.30. The van der Waals surface area contributed by atoms with Gasteiger partial charge in [-0.1, -0.05) is 11.6 Å². The van der Waals surface area contributed by atoms with E-state index < -0.39 is 11.7 Å². The fourth-order valence-corrected chi connectivity index (χ4v) is 1.62. The summed E-state index contributed by atoms with van der Waals surface area (Å²) in [5.41, 5.74) is 4.68. The number of aromatic nitrogens is 2. The summed E-state index contributed by atoms with van der Waals surface area (Å²) >= 11 is 5.65. The SMILES string of the molecule is Nc1ccc(Nc2cc(Cl)cc(C(F)(F)F)c2)nn1. The lowest BCUT2D eigenvalue weighted by Gasteiger charge is -2.11. The summed E-state index contributed by atoms with van der Waals surface area (Å²) in [6.45, 7) is 0. The van der Waals surface area contributed by atoms with Crippen molar-refractivity contribution >= 4 is 28.9 Å². The average Bonchev–Trinajstić information content (AvgIpc) is 2.30. The van der Waals surface area contributed by atoms with E-state index in [-0.39, 0.29) is 22.3 Å². The van der Waals surface area contributed by atoms with Gasteiger partial charge in [0.1, 0.15) is 5.82 Å². The van der Waals surface area contributed by atoms with Crippen molar-refractivity contribution in [3.05, 3.63) is 40.9 Å². The fourth-order valence-electron chi connectivity index (χ4n) is 1.38. The van der Waals surface area contributed by atoms with E-state index in [0.717, 1.165) is 12.1 Å². The second-order valence-corrected chi connectivity index (χ2v) is 4.13. The number of anilines is 3. The molecule has 100 valence electrons. The minimum atomic E-state index is -4.46. The first-order chi connectivity index (χ1) is 8.84. The normalized spacial score (nSPS) is 11.4. The molecule has 0 fully saturated rings. The summed E-state index contributed by atoms with van der Waals surface area (Å²) in [6.07, 6.45) is -4.46. The Morgan fingerprint density at radius 2 is 1.84 bits per heavy atom. The first kappa shape index (κ1) is 13.4. The van der Waals surface area contributed by atoms with Crippen LogP contribution in [0.5, 0.6) is 0 Å². The molecule has 0 spiro atoms. The van der Waals surface area contributed by atoms with Gasteiger partial charge >= 0.3 is 6.18 Å². The first-order valence-electron chi connectivity index (χ1n) is 5.08. The summed E-state index contributed by atoms with van der Waals surface area (Å²) in [5, 5.41) is 9.91. The molecular weight excluding hydrogens is 281 g/mol. The van der Waals surface area contributed by atoms with Gasteiger partial charge in [-0.2, -0.15) is 13.2 Å². The van der Waals surface area contributed by atoms with Crippen molar-refractivity contribution in [2.24, 2.45) is 0 Å². The predicted molar refractivity (Wildman–Crippen MR) is 66.2 cm³/mol. The van der Waals surface area contributed by atoms with E-state index in [2.05, 4.69) is 15.5 Å². The van der Waals surface area contributed by atoms with Crippen LogP contribution in [0, 0.1) is 0 Å². The zero-order valence-corrected chi connectivity index (χ0v) is 10.1. The number of hydrogen-bond donors (Lipinski definition) is 2. The fraction of sp³-hybridized carbons (Fsp3) is 0.0909. The zero-order chi connectivity index (χ0) is 14.0. The molecule has 0 saturated carbocycles. The van der Waals surface area contributed by atoms with Crippen molar-refractivity contribution in [1.82, 2.24) is 10.2 Å². The zero-order valence-electron chi connectivity index (χ0n) is 9.37. The Labute approximate surface area is 111 Å². The van der Waals surface area contributed by atoms with Crippen molar-refractivity contribution in [3.8, 4) is 0 Å². The van der Waals surface area contributed by atoms with Crippen molar-refractivity contribution in [3.63, 3.8) is 0 Å². The molecule has 0 aliphatic heterocycles. The van der Waals surface area contributed by atoms with E-state index >= 15 is 0 Å². The summed E-state index contributed by atoms with van der Waals surface area (Å²) in [6, 6.07) is 6.11. The van der Waals surface area contributed by atoms with Crippen molar-refractivity contribution in [1.29, 1.82) is 0 Å². The smallest absolute Gasteiger partial charge is 0.382 e. The third-order valence-electron chi connectivity index (χ3n) is 2.18. The molecule has 2 aromatic rings. The molecule has 0 atom stereocenters. The minimum absolute atomic E-state index is 0.0271. The Morgan fingerprint density at radius 3 is 2.42 bits per heavy atom. The lowest BCUT2D eigenvalue weighted by atomic mass is 10.2. The van der Waals surface area contributed by atoms with E-state index in [1.54, 1.807) is 0 Å². The van der Waals surface area contributed by atoms with Crippen molar-refractivity contribution in [2.75, 3.05) is 11.1 Å². The maximum Gasteiger partial charge on any atom is 0.416 e. The Hall–Kier alpha value is -2.02. The highest BCUT2D eigenvalue weighted by atomic mass is 35.5. The quantitative estimate of drug-likeness (QED) is 0.888. The Bertz CT molecular complexity index is 583. The molecule has 0 radical (unpaired) electrons. The summed E-state index contributed by atoms with van der Waals surface area (Å²) < 4.78 is 37.8. The molecule has 0 aliphatic rings. The molecule has 1 aromatic carbocycles. The lowest BCUT2D eigenvalue weighted by Crippen LogP contribution is -2.06. The maximum absolute atomic E-state index is 12.6. The topological polar surface area (TPSA) is 63.8 Å². The molecule has 3 N–H and O–H groups in total. The second-order valence-electron chi connectivity index (χ2n) is 3.69. The van der Waals surface area contributed by atoms with Gasteiger partial charge in [-0.3, -0.25) is 0 Å². The van der Waals surface area contributed by atoms with Crippen LogP contribution in [0.2, 0.25) is 5.02 Å². The molecule has 4 nitrogen and oxygen atoms in total. The molecule has 8 heteroatoms. The van der Waals surface area contributed by atoms with E-state index in [4.69, 9.17) is 17.3 Å². The molecule has 2 rings (SSSR count). The first-order valence-corrected chi connectivity index (χ1v) is 5.46. The third-order valence-corrected chi connectivity index (χ3v) is 2.40. The molecule has 0 unspecified atom stereocenters. The monoisotopic (exact) mass is 288 g/mol. The number of hydrogen-bond acceptors (Lipinski definition) is 4. The number of halogens is 4. The highest BCUT2D eigenvalue weighted by Gasteiger charge is 2.31. The highest BCUT2D eigenvalue weighted by Crippen LogP contribution is 2.33. The van der Waals surface area contributed by atoms with Gasteiger partial charge in [0.2, 0.25) is 0 Å². The molecule has 19 heavy (non-hydrogen) atoms. The van der Waals surface area contributed by atoms with Crippen LogP contribution in [0.4, 0.5) is 30.5 Å². The number of benzene rings is 1. The largest absolute Gasteiger partial charge is 0.416 e. The maximum atomic E-state index is 12.6. The molecule has 1 heterocycles. The number of nitrogens with two attached hydrogens (primary N) is 1. The number of alkyl halides is 3. The Kier molecular flexibility index (Phi) is 3.48. The molecule has 0 aliphatic carbocycles. The second kappa shape index (κ2) is 4.93. The van der Waals surface area contributed by atoms with Crippen LogP contribution in [0.25, 0.3) is 0 Å². The van der Waals surface area contributed by atoms with Crippen molar-refractivity contribution < 1.29 is 13.2 Å². The summed E-state index contributed by atoms with van der Waals surface area (Å²) in [7, 11) is 0. The van der Waals surface area contributed by atoms with Gasteiger partial charge in [-0.25, -0.2) is 0 Å². The average molecular weight is 289 g/mol. The van der Waals surface area contributed by atoms with Gasteiger partial charge in [0, 0.05) is 10.7 Å². The third kappa shape index (κ3) is 3.47. The van der Waals surface area contributed by atoms with Gasteiger partial charge in [-0.05, 0) is 30.3 Å². The van der Waals surface area contributed by atoms with Crippen LogP contribution in [-0.2, 0) is 6.18 Å². The van der Waals surface area contributed by atoms with Gasteiger partial charge in [0.25, 0.3) is 0 Å². The van der Waals surface area contributed by atoms with Crippen LogP contribution in [0.15, 0.2) is 30.3 Å². The summed E-state index contributed by atoms with van der Waals surface area (Å²) in [5.74, 6) is 0.484. The van der Waals surface area contributed by atoms with E-state index in [1.807, 2.05) is 0 Å². The van der Waals surface area contributed by atoms with Gasteiger partial charge < -0.3 is 11.1 Å². The van der Waals surface area contributed by atoms with Crippen LogP contribution < -0.4 is 11.1 Å². The molecule has 0 bridgehead atoms. The van der Waals surface area contributed by atoms with Crippen LogP contribution in [-0.4, -0.2) is 10.2 Å². The summed E-state index contributed by atoms with van der Waals surface area (Å²) in [4.78, 5) is 0. The van der Waals surface area contributed by atoms with Crippen molar-refractivity contribution in [2.45, 2.75) is 6.18 Å². The predicted octanol–water partition coefficient (Wildman–Crippen LogP) is 3.47. The standard InChI is InChI=1S/C11H8ClF3N4/c12-7-3-6(11(13,14)15)4-8(5-7)17-10-2-1-9(16)18-19-10/h1-5H,(H2,16,18)(H,17,19). The van der Waals surface area contributed by atoms with E-state index in [0.29, 0.717) is 0 Å². The highest BCUT2D eigenvalue weighted by molar-refractivity contribution is 6.31. The molecule has 1 aromatic heterocycles. The molecule has 0 saturated heterocycles. The van der Waals surface area contributed by atoms with Crippen LogP contribution >= 0.6 is 11.6 Å². The van der Waals surface area contributed by atoms with Crippen LogP contribution in [0.1, 0.15) is 5.56 Å².